The van der Waals surface area contributed by atoms with E-state index in [1.54, 1.807) is 0 Å². The number of ether oxygens (including phenoxy) is 1. The van der Waals surface area contributed by atoms with E-state index in [9.17, 15) is 9.90 Å². The first-order valence-electron chi connectivity index (χ1n) is 12.2. The summed E-state index contributed by atoms with van der Waals surface area (Å²) in [5, 5.41) is 9.81. The Morgan fingerprint density at radius 3 is 2.24 bits per heavy atom. The Bertz CT molecular complexity index is 855. The van der Waals surface area contributed by atoms with Crippen LogP contribution in [-0.2, 0) is 11.4 Å². The highest BCUT2D eigenvalue weighted by atomic mass is 35.5. The zero-order chi connectivity index (χ0) is 23.1. The molecule has 1 aliphatic carbocycles. The van der Waals surface area contributed by atoms with Gasteiger partial charge in [0.05, 0.1) is 12.5 Å². The van der Waals surface area contributed by atoms with Crippen LogP contribution in [0.2, 0.25) is 0 Å². The standard InChI is InChI=1S/C28H39NO3.ClH/c1-20(2)29(21(3)4)17-16-25(23-10-6-5-7-11-23)26-18-22(19-30)14-15-27(26)32-28(31)24-12-8-9-13-24;/h5-7,10-11,14-15,18,20-21,24-25,30H,8-9,12-13,16-17,19H2,1-4H3;1H/t25-;/m1./s1. The van der Waals surface area contributed by atoms with Crippen molar-refractivity contribution in [2.75, 3.05) is 6.54 Å². The molecular weight excluding hydrogens is 434 g/mol. The Hall–Kier alpha value is -1.88. The SMILES string of the molecule is CC(C)N(CC[C@H](c1ccccc1)c1cc(CO)ccc1OC(=O)C1CCCC1)C(C)C.Cl. The molecule has 2 aromatic carbocycles. The van der Waals surface area contributed by atoms with Gasteiger partial charge in [0.1, 0.15) is 5.75 Å². The highest BCUT2D eigenvalue weighted by molar-refractivity contribution is 5.85. The maximum Gasteiger partial charge on any atom is 0.314 e. The highest BCUT2D eigenvalue weighted by Crippen LogP contribution is 2.37. The van der Waals surface area contributed by atoms with Crippen LogP contribution in [0.4, 0.5) is 0 Å². The number of hydrogen-bond donors (Lipinski definition) is 1. The van der Waals surface area contributed by atoms with Crippen molar-refractivity contribution in [1.82, 2.24) is 4.90 Å². The molecule has 3 rings (SSSR count). The lowest BCUT2D eigenvalue weighted by Gasteiger charge is -2.32. The minimum atomic E-state index is -0.113. The fourth-order valence-corrected chi connectivity index (χ4v) is 4.99. The van der Waals surface area contributed by atoms with Crippen LogP contribution in [0.3, 0.4) is 0 Å². The van der Waals surface area contributed by atoms with Crippen LogP contribution in [0, 0.1) is 5.92 Å². The van der Waals surface area contributed by atoms with Crippen molar-refractivity contribution in [2.24, 2.45) is 5.92 Å². The van der Waals surface area contributed by atoms with Gasteiger partial charge in [-0.1, -0.05) is 49.2 Å². The van der Waals surface area contributed by atoms with Crippen LogP contribution in [0.15, 0.2) is 48.5 Å². The fourth-order valence-electron chi connectivity index (χ4n) is 4.99. The van der Waals surface area contributed by atoms with Gasteiger partial charge in [0.15, 0.2) is 0 Å². The second-order valence-corrected chi connectivity index (χ2v) is 9.61. The van der Waals surface area contributed by atoms with E-state index in [2.05, 4.69) is 56.9 Å². The minimum absolute atomic E-state index is 0. The number of nitrogens with zero attached hydrogens (tertiary/aromatic N) is 1. The van der Waals surface area contributed by atoms with Crippen molar-refractivity contribution in [1.29, 1.82) is 0 Å². The first-order chi connectivity index (χ1) is 15.4. The average molecular weight is 474 g/mol. The van der Waals surface area contributed by atoms with Gasteiger partial charge in [0, 0.05) is 23.6 Å². The highest BCUT2D eigenvalue weighted by Gasteiger charge is 2.27. The second-order valence-electron chi connectivity index (χ2n) is 9.61. The summed E-state index contributed by atoms with van der Waals surface area (Å²) in [5.41, 5.74) is 3.03. The lowest BCUT2D eigenvalue weighted by Crippen LogP contribution is -2.38. The van der Waals surface area contributed by atoms with Crippen molar-refractivity contribution >= 4 is 18.4 Å². The molecule has 4 nitrogen and oxygen atoms in total. The van der Waals surface area contributed by atoms with Crippen molar-refractivity contribution in [3.8, 4) is 5.75 Å². The molecule has 0 heterocycles. The van der Waals surface area contributed by atoms with Gasteiger partial charge >= 0.3 is 5.97 Å². The topological polar surface area (TPSA) is 49.8 Å². The van der Waals surface area contributed by atoms with Gasteiger partial charge < -0.3 is 9.84 Å². The fraction of sp³-hybridized carbons (Fsp3) is 0.536. The average Bonchev–Trinajstić information content (AvgIpc) is 3.32. The predicted molar refractivity (Wildman–Crippen MR) is 137 cm³/mol. The summed E-state index contributed by atoms with van der Waals surface area (Å²) >= 11 is 0. The van der Waals surface area contributed by atoms with Gasteiger partial charge in [-0.25, -0.2) is 0 Å². The number of benzene rings is 2. The molecule has 0 aromatic heterocycles. The van der Waals surface area contributed by atoms with E-state index < -0.39 is 0 Å². The van der Waals surface area contributed by atoms with Crippen LogP contribution in [0.1, 0.15) is 82.4 Å². The number of carbonyl (C=O) groups is 1. The van der Waals surface area contributed by atoms with Crippen LogP contribution in [-0.4, -0.2) is 34.6 Å². The largest absolute Gasteiger partial charge is 0.426 e. The molecule has 1 aliphatic rings. The predicted octanol–water partition coefficient (Wildman–Crippen LogP) is 6.34. The summed E-state index contributed by atoms with van der Waals surface area (Å²) in [6.07, 6.45) is 4.95. The van der Waals surface area contributed by atoms with Gasteiger partial charge in [0.2, 0.25) is 0 Å². The number of aliphatic hydroxyl groups is 1. The van der Waals surface area contributed by atoms with Crippen molar-refractivity contribution < 1.29 is 14.6 Å². The van der Waals surface area contributed by atoms with Crippen LogP contribution >= 0.6 is 12.4 Å². The Labute approximate surface area is 205 Å². The van der Waals surface area contributed by atoms with Crippen molar-refractivity contribution in [2.45, 2.75) is 84.4 Å². The molecular formula is C28H40ClNO3. The lowest BCUT2D eigenvalue weighted by molar-refractivity contribution is -0.138. The van der Waals surface area contributed by atoms with E-state index >= 15 is 0 Å². The number of esters is 1. The van der Waals surface area contributed by atoms with Crippen LogP contribution in [0.25, 0.3) is 0 Å². The third kappa shape index (κ3) is 7.30. The molecule has 1 N–H and O–H groups in total. The second kappa shape index (κ2) is 13.1. The molecule has 33 heavy (non-hydrogen) atoms. The molecule has 5 heteroatoms. The van der Waals surface area contributed by atoms with E-state index in [-0.39, 0.29) is 36.8 Å². The smallest absolute Gasteiger partial charge is 0.314 e. The zero-order valence-corrected chi connectivity index (χ0v) is 21.3. The Kier molecular flexibility index (Phi) is 10.9. The van der Waals surface area contributed by atoms with E-state index in [1.807, 2.05) is 24.3 Å². The quantitative estimate of drug-likeness (QED) is 0.323. The maximum absolute atomic E-state index is 12.8. The molecule has 0 aliphatic heterocycles. The molecule has 1 atom stereocenters. The minimum Gasteiger partial charge on any atom is -0.426 e. The zero-order valence-electron chi connectivity index (χ0n) is 20.5. The van der Waals surface area contributed by atoms with E-state index in [4.69, 9.17) is 4.74 Å². The van der Waals surface area contributed by atoms with Gasteiger partial charge in [-0.2, -0.15) is 0 Å². The molecule has 2 aromatic rings. The third-order valence-electron chi connectivity index (χ3n) is 6.74. The number of rotatable bonds is 10. The van der Waals surface area contributed by atoms with E-state index in [1.165, 1.54) is 5.56 Å². The summed E-state index contributed by atoms with van der Waals surface area (Å²) in [5.74, 6) is 0.605. The number of halogens is 1. The molecule has 0 amide bonds. The maximum atomic E-state index is 12.8. The monoisotopic (exact) mass is 473 g/mol. The van der Waals surface area contributed by atoms with Crippen LogP contribution < -0.4 is 4.74 Å². The Morgan fingerprint density at radius 1 is 1.03 bits per heavy atom. The van der Waals surface area contributed by atoms with Gasteiger partial charge in [-0.05, 0) is 76.8 Å². The molecule has 0 spiro atoms. The molecule has 0 radical (unpaired) electrons. The first-order valence-corrected chi connectivity index (χ1v) is 12.2. The van der Waals surface area contributed by atoms with Gasteiger partial charge in [0.25, 0.3) is 0 Å². The molecule has 1 fully saturated rings. The number of aliphatic hydroxyl groups excluding tert-OH is 1. The number of hydrogen-bond acceptors (Lipinski definition) is 4. The number of carbonyl (C=O) groups excluding carboxylic acids is 1. The summed E-state index contributed by atoms with van der Waals surface area (Å²) in [7, 11) is 0. The lowest BCUT2D eigenvalue weighted by atomic mass is 9.86. The van der Waals surface area contributed by atoms with Crippen molar-refractivity contribution in [3.05, 3.63) is 65.2 Å². The molecule has 0 saturated heterocycles. The summed E-state index contributed by atoms with van der Waals surface area (Å²) in [6, 6.07) is 17.1. The summed E-state index contributed by atoms with van der Waals surface area (Å²) in [6.45, 7) is 9.85. The molecule has 0 unspecified atom stereocenters. The van der Waals surface area contributed by atoms with E-state index in [0.717, 1.165) is 49.8 Å². The molecule has 182 valence electrons. The Balaban J connectivity index is 0.00000385. The summed E-state index contributed by atoms with van der Waals surface area (Å²) < 4.78 is 6.00. The first kappa shape index (κ1) is 27.4. The Morgan fingerprint density at radius 2 is 1.67 bits per heavy atom. The van der Waals surface area contributed by atoms with E-state index in [0.29, 0.717) is 17.8 Å². The van der Waals surface area contributed by atoms with Crippen LogP contribution in [0.5, 0.6) is 5.75 Å². The molecule has 1 saturated carbocycles. The summed E-state index contributed by atoms with van der Waals surface area (Å²) in [4.78, 5) is 15.3. The van der Waals surface area contributed by atoms with Gasteiger partial charge in [-0.3, -0.25) is 9.69 Å². The van der Waals surface area contributed by atoms with Gasteiger partial charge in [-0.15, -0.1) is 12.4 Å². The van der Waals surface area contributed by atoms with Crippen molar-refractivity contribution in [3.63, 3.8) is 0 Å². The molecule has 0 bridgehead atoms. The normalized spacial score (nSPS) is 15.2. The third-order valence-corrected chi connectivity index (χ3v) is 6.74.